The fraction of sp³-hybridized carbons (Fsp3) is 0.211. The zero-order valence-electron chi connectivity index (χ0n) is 26.6. The summed E-state index contributed by atoms with van der Waals surface area (Å²) in [5.74, 6) is -3.48. The molecule has 0 radical (unpaired) electrons. The summed E-state index contributed by atoms with van der Waals surface area (Å²) in [5.41, 5.74) is 12.5. The van der Waals surface area contributed by atoms with Crippen molar-refractivity contribution in [3.63, 3.8) is 0 Å². The van der Waals surface area contributed by atoms with Crippen molar-refractivity contribution in [2.45, 2.75) is 46.5 Å². The van der Waals surface area contributed by atoms with Crippen LogP contribution in [0.25, 0.3) is 43.1 Å². The number of aromatic carboxylic acids is 2. The summed E-state index contributed by atoms with van der Waals surface area (Å²) in [7, 11) is 0. The van der Waals surface area contributed by atoms with Crippen LogP contribution < -0.4 is 16.2 Å². The predicted molar refractivity (Wildman–Crippen MR) is 182 cm³/mol. The van der Waals surface area contributed by atoms with Gasteiger partial charge in [0.25, 0.3) is 0 Å². The molecule has 47 heavy (non-hydrogen) atoms. The second-order valence-corrected chi connectivity index (χ2v) is 13.9. The van der Waals surface area contributed by atoms with Crippen molar-refractivity contribution >= 4 is 66.8 Å². The number of nitrogens with two attached hydrogens (primary N) is 2. The summed E-state index contributed by atoms with van der Waals surface area (Å²) in [6, 6.07) is 18.1. The molecule has 2 amide bonds. The van der Waals surface area contributed by atoms with E-state index >= 15 is 0 Å². The Morgan fingerprint density at radius 1 is 0.596 bits per heavy atom. The van der Waals surface area contributed by atoms with Crippen molar-refractivity contribution in [1.82, 2.24) is 0 Å². The van der Waals surface area contributed by atoms with E-state index in [2.05, 4.69) is 34.6 Å². The Morgan fingerprint density at radius 2 is 1.09 bits per heavy atom. The third-order valence-electron chi connectivity index (χ3n) is 8.79. The number of primary amides is 2. The second kappa shape index (κ2) is 10.7. The lowest BCUT2D eigenvalue weighted by atomic mass is 9.72. The first-order valence-electron chi connectivity index (χ1n) is 15.1. The molecule has 0 aliphatic rings. The van der Waals surface area contributed by atoms with Gasteiger partial charge in [-0.15, -0.1) is 0 Å². The molecule has 6 N–H and O–H groups in total. The van der Waals surface area contributed by atoms with Crippen molar-refractivity contribution in [1.29, 1.82) is 0 Å². The molecule has 9 nitrogen and oxygen atoms in total. The summed E-state index contributed by atoms with van der Waals surface area (Å²) in [5, 5.41) is 23.2. The van der Waals surface area contributed by atoms with E-state index < -0.39 is 23.8 Å². The first-order valence-corrected chi connectivity index (χ1v) is 15.1. The molecule has 0 fully saturated rings. The molecule has 0 aliphatic heterocycles. The number of hydrogen-bond donors (Lipinski definition) is 4. The molecule has 0 unspecified atom stereocenters. The Balaban J connectivity index is 1.73. The number of carbonyl (C=O) groups excluding carboxylic acids is 2. The van der Waals surface area contributed by atoms with Crippen LogP contribution in [-0.2, 0) is 5.41 Å². The molecule has 238 valence electrons. The van der Waals surface area contributed by atoms with Gasteiger partial charge < -0.3 is 26.4 Å². The Kier molecular flexibility index (Phi) is 7.12. The lowest BCUT2D eigenvalue weighted by Crippen LogP contribution is -2.24. The van der Waals surface area contributed by atoms with Crippen LogP contribution in [0.4, 0.5) is 0 Å². The molecule has 6 rings (SSSR count). The van der Waals surface area contributed by atoms with Crippen molar-refractivity contribution in [2.75, 3.05) is 0 Å². The molecule has 0 heterocycles. The van der Waals surface area contributed by atoms with E-state index in [1.165, 1.54) is 24.3 Å². The number of amides is 2. The third-order valence-corrected chi connectivity index (χ3v) is 8.79. The van der Waals surface area contributed by atoms with E-state index in [0.717, 1.165) is 12.0 Å². The van der Waals surface area contributed by atoms with E-state index in [-0.39, 0.29) is 49.6 Å². The van der Waals surface area contributed by atoms with Crippen molar-refractivity contribution in [3.8, 4) is 11.5 Å². The van der Waals surface area contributed by atoms with Gasteiger partial charge in [-0.25, -0.2) is 9.59 Å². The van der Waals surface area contributed by atoms with Gasteiger partial charge in [0, 0.05) is 27.1 Å². The molecule has 0 aliphatic carbocycles. The van der Waals surface area contributed by atoms with E-state index in [1.807, 2.05) is 24.3 Å². The topological polar surface area (TPSA) is 170 Å². The predicted octanol–water partition coefficient (Wildman–Crippen LogP) is 7.84. The van der Waals surface area contributed by atoms with Gasteiger partial charge in [0.2, 0.25) is 11.8 Å². The zero-order valence-corrected chi connectivity index (χ0v) is 26.6. The third kappa shape index (κ3) is 5.13. The SMILES string of the molecule is CC(C)(C)CC(C)(C)c1ccc(Oc2cc(C(N)=O)c3c(C(N)=O)ccc4c5ccc(C(=O)O)c6c(C(=O)O)ccc(c2c34)c65)cc1. The summed E-state index contributed by atoms with van der Waals surface area (Å²) in [4.78, 5) is 50.3. The lowest BCUT2D eigenvalue weighted by Gasteiger charge is -2.33. The highest BCUT2D eigenvalue weighted by atomic mass is 16.5. The molecule has 0 aromatic heterocycles. The van der Waals surface area contributed by atoms with Crippen LogP contribution in [-0.4, -0.2) is 34.0 Å². The maximum absolute atomic E-state index is 13.0. The number of benzene rings is 6. The summed E-state index contributed by atoms with van der Waals surface area (Å²) in [6.07, 6.45) is 0.946. The maximum atomic E-state index is 13.0. The summed E-state index contributed by atoms with van der Waals surface area (Å²) < 4.78 is 6.50. The van der Waals surface area contributed by atoms with Crippen LogP contribution in [0.2, 0.25) is 0 Å². The molecule has 6 aromatic rings. The molecular formula is C38H34N2O7. The van der Waals surface area contributed by atoms with E-state index in [4.69, 9.17) is 16.2 Å². The van der Waals surface area contributed by atoms with Crippen LogP contribution >= 0.6 is 0 Å². The van der Waals surface area contributed by atoms with E-state index in [0.29, 0.717) is 38.1 Å². The lowest BCUT2D eigenvalue weighted by molar-refractivity contribution is 0.0695. The van der Waals surface area contributed by atoms with Gasteiger partial charge in [0.1, 0.15) is 11.5 Å². The Hall–Kier alpha value is -5.70. The highest BCUT2D eigenvalue weighted by Gasteiger charge is 2.29. The average Bonchev–Trinajstić information content (AvgIpc) is 2.98. The molecular weight excluding hydrogens is 596 g/mol. The molecule has 0 bridgehead atoms. The number of hydrogen-bond acceptors (Lipinski definition) is 5. The smallest absolute Gasteiger partial charge is 0.336 e. The van der Waals surface area contributed by atoms with Crippen LogP contribution in [0.5, 0.6) is 11.5 Å². The minimum atomic E-state index is -1.29. The fourth-order valence-electron chi connectivity index (χ4n) is 7.33. The number of carboxylic acid groups (broad SMARTS) is 2. The van der Waals surface area contributed by atoms with Crippen LogP contribution in [0.15, 0.2) is 66.7 Å². The Morgan fingerprint density at radius 3 is 1.60 bits per heavy atom. The van der Waals surface area contributed by atoms with Crippen LogP contribution in [0, 0.1) is 5.41 Å². The maximum Gasteiger partial charge on any atom is 0.336 e. The highest BCUT2D eigenvalue weighted by Crippen LogP contribution is 2.48. The number of ether oxygens (including phenoxy) is 1. The molecule has 0 spiro atoms. The number of rotatable bonds is 8. The number of carbonyl (C=O) groups is 4. The van der Waals surface area contributed by atoms with Gasteiger partial charge in [-0.3, -0.25) is 9.59 Å². The average molecular weight is 631 g/mol. The van der Waals surface area contributed by atoms with Gasteiger partial charge in [-0.2, -0.15) is 0 Å². The molecule has 0 saturated heterocycles. The van der Waals surface area contributed by atoms with Crippen molar-refractivity contribution < 1.29 is 34.1 Å². The van der Waals surface area contributed by atoms with Crippen molar-refractivity contribution in [3.05, 3.63) is 94.5 Å². The fourth-order valence-corrected chi connectivity index (χ4v) is 7.33. The molecule has 9 heteroatoms. The molecule has 6 aromatic carbocycles. The van der Waals surface area contributed by atoms with E-state index in [1.54, 1.807) is 18.2 Å². The Labute approximate surface area is 270 Å². The van der Waals surface area contributed by atoms with Gasteiger partial charge in [0.15, 0.2) is 0 Å². The summed E-state index contributed by atoms with van der Waals surface area (Å²) in [6.45, 7) is 11.0. The van der Waals surface area contributed by atoms with Gasteiger partial charge in [-0.05, 0) is 80.8 Å². The van der Waals surface area contributed by atoms with E-state index in [9.17, 15) is 29.4 Å². The monoisotopic (exact) mass is 630 g/mol. The minimum Gasteiger partial charge on any atom is -0.478 e. The first kappa shape index (κ1) is 31.3. The molecule has 0 atom stereocenters. The zero-order chi connectivity index (χ0) is 34.2. The normalized spacial score (nSPS) is 12.3. The van der Waals surface area contributed by atoms with Crippen LogP contribution in [0.3, 0.4) is 0 Å². The van der Waals surface area contributed by atoms with Gasteiger partial charge >= 0.3 is 11.9 Å². The van der Waals surface area contributed by atoms with Crippen LogP contribution in [0.1, 0.15) is 88.0 Å². The number of carboxylic acids is 2. The Bertz CT molecular complexity index is 2290. The largest absolute Gasteiger partial charge is 0.478 e. The van der Waals surface area contributed by atoms with Gasteiger partial charge in [0.05, 0.1) is 16.7 Å². The van der Waals surface area contributed by atoms with Crippen molar-refractivity contribution in [2.24, 2.45) is 16.9 Å². The van der Waals surface area contributed by atoms with Gasteiger partial charge in [-0.1, -0.05) is 65.0 Å². The quantitative estimate of drug-likeness (QED) is 0.0980. The number of fused-ring (bicyclic) bond motifs is 2. The molecule has 0 saturated carbocycles. The highest BCUT2D eigenvalue weighted by molar-refractivity contribution is 6.39. The first-order chi connectivity index (χ1) is 22.0. The standard InChI is InChI=1S/C38H34N2O7/c1-37(2,3)17-38(4,5)18-6-8-19(9-7-18)47-27-16-26(34(40)42)29-23(33(39)41)13-10-21-20-11-14-24(35(43)44)30-25(36(45)46)15-12-22(28(20)30)31(27)32(21)29/h6-16H,17H2,1-5H3,(H2,39,41)(H2,40,42)(H,43,44)(H,45,46). The summed E-state index contributed by atoms with van der Waals surface area (Å²) >= 11 is 0. The second-order valence-electron chi connectivity index (χ2n) is 13.9. The minimum absolute atomic E-state index is 0.0151.